The van der Waals surface area contributed by atoms with Gasteiger partial charge in [0.05, 0.1) is 13.7 Å². The maximum atomic E-state index is 11.9. The predicted molar refractivity (Wildman–Crippen MR) is 85.7 cm³/mol. The number of carbonyl (C=O) groups excluding carboxylic acids is 1. The molecule has 4 heteroatoms. The molecule has 0 aliphatic heterocycles. The Hall–Kier alpha value is -1.55. The standard InChI is InChI=1S/C17H26N2O2/c1-17(2)10-8-13(9-11-17)18-12-16(20)19-14-4-6-15(21-3)7-5-14/h4-7,13,18H,8-12H2,1-3H3,(H,19,20). The number of amides is 1. The third-order valence-corrected chi connectivity index (χ3v) is 4.26. The molecule has 1 saturated carbocycles. The van der Waals surface area contributed by atoms with Gasteiger partial charge >= 0.3 is 0 Å². The summed E-state index contributed by atoms with van der Waals surface area (Å²) in [5.74, 6) is 0.793. The van der Waals surface area contributed by atoms with Crippen LogP contribution in [0.1, 0.15) is 39.5 Å². The van der Waals surface area contributed by atoms with Crippen molar-refractivity contribution in [2.45, 2.75) is 45.6 Å². The van der Waals surface area contributed by atoms with Crippen LogP contribution in [0, 0.1) is 5.41 Å². The van der Waals surface area contributed by atoms with Gasteiger partial charge in [0.15, 0.2) is 0 Å². The van der Waals surface area contributed by atoms with Crippen molar-refractivity contribution in [2.75, 3.05) is 19.0 Å². The largest absolute Gasteiger partial charge is 0.497 e. The molecule has 116 valence electrons. The molecule has 1 aromatic rings. The number of hydrogen-bond acceptors (Lipinski definition) is 3. The highest BCUT2D eigenvalue weighted by Crippen LogP contribution is 2.34. The number of rotatable bonds is 5. The third-order valence-electron chi connectivity index (χ3n) is 4.26. The molecule has 21 heavy (non-hydrogen) atoms. The molecule has 0 aromatic heterocycles. The van der Waals surface area contributed by atoms with E-state index in [-0.39, 0.29) is 5.91 Å². The summed E-state index contributed by atoms with van der Waals surface area (Å²) in [4.78, 5) is 11.9. The summed E-state index contributed by atoms with van der Waals surface area (Å²) in [5, 5.41) is 6.26. The molecular formula is C17H26N2O2. The van der Waals surface area contributed by atoms with E-state index in [0.29, 0.717) is 18.0 Å². The van der Waals surface area contributed by atoms with Crippen LogP contribution in [0.5, 0.6) is 5.75 Å². The van der Waals surface area contributed by atoms with E-state index in [1.807, 2.05) is 24.3 Å². The lowest BCUT2D eigenvalue weighted by Gasteiger charge is -2.34. The summed E-state index contributed by atoms with van der Waals surface area (Å²) in [6.45, 7) is 5.01. The van der Waals surface area contributed by atoms with Gasteiger partial charge in [0, 0.05) is 11.7 Å². The van der Waals surface area contributed by atoms with Crippen molar-refractivity contribution < 1.29 is 9.53 Å². The number of methoxy groups -OCH3 is 1. The average molecular weight is 290 g/mol. The van der Waals surface area contributed by atoms with Crippen LogP contribution in [0.25, 0.3) is 0 Å². The first-order valence-electron chi connectivity index (χ1n) is 7.66. The lowest BCUT2D eigenvalue weighted by Crippen LogP contribution is -2.39. The number of anilines is 1. The van der Waals surface area contributed by atoms with E-state index in [9.17, 15) is 4.79 Å². The second kappa shape index (κ2) is 6.94. The zero-order valence-electron chi connectivity index (χ0n) is 13.2. The Morgan fingerprint density at radius 3 is 2.43 bits per heavy atom. The van der Waals surface area contributed by atoms with Gasteiger partial charge in [-0.3, -0.25) is 4.79 Å². The normalized spacial score (nSPS) is 18.2. The summed E-state index contributed by atoms with van der Waals surface area (Å²) in [5.41, 5.74) is 1.26. The lowest BCUT2D eigenvalue weighted by molar-refractivity contribution is -0.115. The van der Waals surface area contributed by atoms with Crippen molar-refractivity contribution in [2.24, 2.45) is 5.41 Å². The Morgan fingerprint density at radius 1 is 1.24 bits per heavy atom. The van der Waals surface area contributed by atoms with Crippen molar-refractivity contribution in [3.8, 4) is 5.75 Å². The van der Waals surface area contributed by atoms with Crippen LogP contribution in [-0.4, -0.2) is 25.6 Å². The molecule has 1 aromatic carbocycles. The van der Waals surface area contributed by atoms with Gasteiger partial charge in [0.1, 0.15) is 5.75 Å². The van der Waals surface area contributed by atoms with E-state index in [1.54, 1.807) is 7.11 Å². The van der Waals surface area contributed by atoms with Crippen LogP contribution >= 0.6 is 0 Å². The molecule has 1 aliphatic carbocycles. The second-order valence-corrected chi connectivity index (χ2v) is 6.60. The van der Waals surface area contributed by atoms with Gasteiger partial charge in [-0.1, -0.05) is 13.8 Å². The van der Waals surface area contributed by atoms with Crippen molar-refractivity contribution in [1.29, 1.82) is 0 Å². The SMILES string of the molecule is COc1ccc(NC(=O)CNC2CCC(C)(C)CC2)cc1. The van der Waals surface area contributed by atoms with Gasteiger partial charge in [0.25, 0.3) is 0 Å². The third kappa shape index (κ3) is 5.05. The fraction of sp³-hybridized carbons (Fsp3) is 0.588. The number of ether oxygens (including phenoxy) is 1. The smallest absolute Gasteiger partial charge is 0.238 e. The first kappa shape index (κ1) is 15.8. The minimum atomic E-state index is 0.00463. The minimum Gasteiger partial charge on any atom is -0.497 e. The molecule has 4 nitrogen and oxygen atoms in total. The van der Waals surface area contributed by atoms with Crippen molar-refractivity contribution in [1.82, 2.24) is 5.32 Å². The molecule has 1 fully saturated rings. The minimum absolute atomic E-state index is 0.00463. The van der Waals surface area contributed by atoms with Gasteiger partial charge in [-0.2, -0.15) is 0 Å². The molecule has 0 atom stereocenters. The highest BCUT2D eigenvalue weighted by molar-refractivity contribution is 5.92. The number of nitrogens with one attached hydrogen (secondary N) is 2. The number of benzene rings is 1. The van der Waals surface area contributed by atoms with Crippen molar-refractivity contribution in [3.63, 3.8) is 0 Å². The average Bonchev–Trinajstić information content (AvgIpc) is 2.47. The van der Waals surface area contributed by atoms with E-state index in [4.69, 9.17) is 4.74 Å². The molecular weight excluding hydrogens is 264 g/mol. The maximum absolute atomic E-state index is 11.9. The summed E-state index contributed by atoms with van der Waals surface area (Å²) in [6, 6.07) is 7.85. The Kier molecular flexibility index (Phi) is 5.23. The van der Waals surface area contributed by atoms with E-state index in [2.05, 4.69) is 24.5 Å². The Morgan fingerprint density at radius 2 is 1.86 bits per heavy atom. The first-order valence-corrected chi connectivity index (χ1v) is 7.66. The molecule has 0 bridgehead atoms. The van der Waals surface area contributed by atoms with E-state index in [1.165, 1.54) is 12.8 Å². The van der Waals surface area contributed by atoms with Crippen LogP contribution < -0.4 is 15.4 Å². The summed E-state index contributed by atoms with van der Waals surface area (Å²) in [7, 11) is 1.63. The van der Waals surface area contributed by atoms with Crippen LogP contribution in [0.15, 0.2) is 24.3 Å². The van der Waals surface area contributed by atoms with Crippen molar-refractivity contribution >= 4 is 11.6 Å². The molecule has 0 saturated heterocycles. The van der Waals surface area contributed by atoms with Crippen LogP contribution in [0.3, 0.4) is 0 Å². The van der Waals surface area contributed by atoms with Crippen LogP contribution in [-0.2, 0) is 4.79 Å². The monoisotopic (exact) mass is 290 g/mol. The predicted octanol–water partition coefficient (Wildman–Crippen LogP) is 3.19. The Balaban J connectivity index is 1.72. The van der Waals surface area contributed by atoms with E-state index >= 15 is 0 Å². The zero-order chi connectivity index (χ0) is 15.3. The van der Waals surface area contributed by atoms with E-state index in [0.717, 1.165) is 24.3 Å². The fourth-order valence-corrected chi connectivity index (χ4v) is 2.72. The first-order chi connectivity index (χ1) is 9.98. The van der Waals surface area contributed by atoms with Gasteiger partial charge in [-0.25, -0.2) is 0 Å². The Labute approximate surface area is 127 Å². The molecule has 0 spiro atoms. The molecule has 0 heterocycles. The number of carbonyl (C=O) groups is 1. The lowest BCUT2D eigenvalue weighted by atomic mass is 9.75. The topological polar surface area (TPSA) is 50.4 Å². The zero-order valence-corrected chi connectivity index (χ0v) is 13.2. The van der Waals surface area contributed by atoms with Crippen LogP contribution in [0.2, 0.25) is 0 Å². The van der Waals surface area contributed by atoms with E-state index < -0.39 is 0 Å². The van der Waals surface area contributed by atoms with Gasteiger partial charge < -0.3 is 15.4 Å². The maximum Gasteiger partial charge on any atom is 0.238 e. The fourth-order valence-electron chi connectivity index (χ4n) is 2.72. The van der Waals surface area contributed by atoms with Gasteiger partial charge in [-0.15, -0.1) is 0 Å². The summed E-state index contributed by atoms with van der Waals surface area (Å²) < 4.78 is 5.09. The number of hydrogen-bond donors (Lipinski definition) is 2. The molecule has 1 amide bonds. The summed E-state index contributed by atoms with van der Waals surface area (Å²) in [6.07, 6.45) is 4.77. The summed E-state index contributed by atoms with van der Waals surface area (Å²) >= 11 is 0. The molecule has 1 aliphatic rings. The highest BCUT2D eigenvalue weighted by atomic mass is 16.5. The highest BCUT2D eigenvalue weighted by Gasteiger charge is 2.26. The molecule has 0 radical (unpaired) electrons. The quantitative estimate of drug-likeness (QED) is 0.875. The molecule has 2 N–H and O–H groups in total. The molecule has 0 unspecified atom stereocenters. The Bertz CT molecular complexity index is 458. The second-order valence-electron chi connectivity index (χ2n) is 6.60. The van der Waals surface area contributed by atoms with Crippen molar-refractivity contribution in [3.05, 3.63) is 24.3 Å². The van der Waals surface area contributed by atoms with Crippen LogP contribution in [0.4, 0.5) is 5.69 Å². The van der Waals surface area contributed by atoms with Gasteiger partial charge in [-0.05, 0) is 55.4 Å². The van der Waals surface area contributed by atoms with Gasteiger partial charge in [0.2, 0.25) is 5.91 Å². The molecule has 2 rings (SSSR count).